The van der Waals surface area contributed by atoms with Gasteiger partial charge in [0.2, 0.25) is 0 Å². The van der Waals surface area contributed by atoms with E-state index in [-0.39, 0.29) is 29.9 Å². The molecule has 5 bridgehead atoms. The van der Waals surface area contributed by atoms with E-state index in [2.05, 4.69) is 78.6 Å². The van der Waals surface area contributed by atoms with Crippen molar-refractivity contribution >= 4 is 22.9 Å². The maximum absolute atomic E-state index is 14.5. The summed E-state index contributed by atoms with van der Waals surface area (Å²) in [5.41, 5.74) is 7.15. The van der Waals surface area contributed by atoms with Gasteiger partial charge in [-0.25, -0.2) is 9.59 Å². The number of ether oxygens (including phenoxy) is 3. The molecule has 4 heterocycles. The highest BCUT2D eigenvalue weighted by Gasteiger charge is 2.53. The zero-order valence-corrected chi connectivity index (χ0v) is 33.3. The molecule has 8 heteroatoms. The molecule has 3 aliphatic heterocycles. The van der Waals surface area contributed by atoms with Gasteiger partial charge in [0.15, 0.2) is 17.8 Å². The Bertz CT molecular complexity index is 2530. The first-order chi connectivity index (χ1) is 28.1. The van der Waals surface area contributed by atoms with Crippen LogP contribution in [0.5, 0.6) is 5.75 Å². The second-order valence-electron chi connectivity index (χ2n) is 16.3. The fraction of sp³-hybridized carbons (Fsp3) is 0.340. The minimum Gasteiger partial charge on any atom is -0.482 e. The summed E-state index contributed by atoms with van der Waals surface area (Å²) in [5.74, 6) is 5.93. The van der Waals surface area contributed by atoms with Gasteiger partial charge in [-0.1, -0.05) is 90.2 Å². The van der Waals surface area contributed by atoms with Gasteiger partial charge in [-0.05, 0) is 116 Å². The fourth-order valence-corrected chi connectivity index (χ4v) is 8.72. The second kappa shape index (κ2) is 16.5. The van der Waals surface area contributed by atoms with Crippen molar-refractivity contribution < 1.29 is 33.3 Å². The Labute approximate surface area is 338 Å². The molecule has 0 unspecified atom stereocenters. The average molecular weight is 777 g/mol. The summed E-state index contributed by atoms with van der Waals surface area (Å²) in [6.07, 6.45) is 2.41. The van der Waals surface area contributed by atoms with Crippen LogP contribution in [0.1, 0.15) is 97.1 Å². The molecule has 1 aromatic heterocycles. The lowest BCUT2D eigenvalue weighted by Gasteiger charge is -2.44. The standard InChI is InChI=1S/C50H48O8/c1-31(2)40-20-18-34-17-19-38-27-36(16-15-33-12-9-13-35(25-33)24-32-10-5-4-6-11-32)28-43(52)56-47-45-42(22-21-41-39(30-51)29-44(53)55-46(41)45)58-50(3,48(47)57-49(40)54)23-8-7-14-37(38)26-34/h4-6,9-13,17,19,21-22,25-26,29,36,47-48,51H,14-16,18,20,23-24,27-28,30H2,1-3H3/t36-,47-,48+,50+/m1/s1. The first kappa shape index (κ1) is 38.9. The maximum Gasteiger partial charge on any atom is 0.336 e. The molecular formula is C50H48O8. The van der Waals surface area contributed by atoms with E-state index in [0.717, 1.165) is 41.5 Å². The zero-order valence-electron chi connectivity index (χ0n) is 33.3. The number of fused-ring (bicyclic) bond motifs is 7. The number of hydrogen-bond donors (Lipinski definition) is 1. The average Bonchev–Trinajstić information content (AvgIpc) is 3.20. The summed E-state index contributed by atoms with van der Waals surface area (Å²) in [4.78, 5) is 41.8. The summed E-state index contributed by atoms with van der Waals surface area (Å²) in [5, 5.41) is 10.7. The van der Waals surface area contributed by atoms with Crippen molar-refractivity contribution in [1.82, 2.24) is 0 Å². The van der Waals surface area contributed by atoms with Crippen molar-refractivity contribution in [1.29, 1.82) is 0 Å². The van der Waals surface area contributed by atoms with Crippen molar-refractivity contribution in [2.75, 3.05) is 0 Å². The molecule has 3 aliphatic rings. The van der Waals surface area contributed by atoms with Gasteiger partial charge in [-0.2, -0.15) is 0 Å². The first-order valence-electron chi connectivity index (χ1n) is 20.2. The maximum atomic E-state index is 14.5. The Morgan fingerprint density at radius 1 is 0.828 bits per heavy atom. The number of carbonyl (C=O) groups excluding carboxylic acids is 2. The minimum absolute atomic E-state index is 0.0937. The van der Waals surface area contributed by atoms with E-state index >= 15 is 0 Å². The molecule has 0 aliphatic carbocycles. The quantitative estimate of drug-likeness (QED) is 0.0790. The molecule has 4 aromatic carbocycles. The third-order valence-electron chi connectivity index (χ3n) is 11.8. The van der Waals surface area contributed by atoms with E-state index in [1.54, 1.807) is 12.1 Å². The molecule has 5 aromatic rings. The summed E-state index contributed by atoms with van der Waals surface area (Å²) in [6, 6.07) is 30.2. The third kappa shape index (κ3) is 8.23. The van der Waals surface area contributed by atoms with Gasteiger partial charge in [0.1, 0.15) is 11.3 Å². The highest BCUT2D eigenvalue weighted by atomic mass is 16.6. The van der Waals surface area contributed by atoms with Gasteiger partial charge >= 0.3 is 17.6 Å². The molecule has 8 nitrogen and oxygen atoms in total. The van der Waals surface area contributed by atoms with Crippen molar-refractivity contribution in [3.8, 4) is 17.6 Å². The van der Waals surface area contributed by atoms with E-state index in [0.29, 0.717) is 48.0 Å². The smallest absolute Gasteiger partial charge is 0.336 e. The van der Waals surface area contributed by atoms with Crippen molar-refractivity contribution in [3.05, 3.63) is 157 Å². The molecule has 0 amide bonds. The first-order valence-corrected chi connectivity index (χ1v) is 20.2. The van der Waals surface area contributed by atoms with Gasteiger partial charge in [0, 0.05) is 29.9 Å². The predicted molar refractivity (Wildman–Crippen MR) is 221 cm³/mol. The number of aliphatic hydroxyl groups is 1. The number of allylic oxidation sites excluding steroid dienone is 1. The SMILES string of the molecule is CC(C)=C1CCc2ccc3c(c2)CC#CC[C@]2(C)Oc4ccc5c(CO)cc(=O)oc5c4[C@@H](OC(=O)C[C@H](CCc4cccc(Cc5ccccc5)c4)C3)[C@@H]2OC1=O. The Morgan fingerprint density at radius 2 is 1.64 bits per heavy atom. The summed E-state index contributed by atoms with van der Waals surface area (Å²) >= 11 is 0. The molecule has 0 fully saturated rings. The van der Waals surface area contributed by atoms with Crippen LogP contribution in [0.25, 0.3) is 11.0 Å². The number of hydrogen-bond acceptors (Lipinski definition) is 8. The Morgan fingerprint density at radius 3 is 2.45 bits per heavy atom. The molecule has 58 heavy (non-hydrogen) atoms. The molecule has 296 valence electrons. The van der Waals surface area contributed by atoms with Crippen LogP contribution in [0.15, 0.2) is 111 Å². The van der Waals surface area contributed by atoms with Crippen LogP contribution >= 0.6 is 0 Å². The van der Waals surface area contributed by atoms with Crippen LogP contribution in [-0.4, -0.2) is 28.8 Å². The number of benzene rings is 4. The topological polar surface area (TPSA) is 112 Å². The van der Waals surface area contributed by atoms with Crippen molar-refractivity contribution in [3.63, 3.8) is 0 Å². The summed E-state index contributed by atoms with van der Waals surface area (Å²) in [6.45, 7) is 5.18. The lowest BCUT2D eigenvalue weighted by molar-refractivity contribution is -0.190. The number of carbonyl (C=O) groups is 2. The monoisotopic (exact) mass is 776 g/mol. The van der Waals surface area contributed by atoms with Crippen LogP contribution < -0.4 is 10.4 Å². The molecule has 1 N–H and O–H groups in total. The van der Waals surface area contributed by atoms with Crippen LogP contribution in [-0.2, 0) is 57.8 Å². The van der Waals surface area contributed by atoms with Crippen molar-refractivity contribution in [2.45, 2.75) is 103 Å². The zero-order chi connectivity index (χ0) is 40.4. The molecule has 8 rings (SSSR count). The Hall–Kier alpha value is -5.91. The Kier molecular flexibility index (Phi) is 11.1. The number of aliphatic hydroxyl groups excluding tert-OH is 1. The van der Waals surface area contributed by atoms with Gasteiger partial charge in [-0.3, -0.25) is 4.79 Å². The van der Waals surface area contributed by atoms with Crippen LogP contribution in [0, 0.1) is 17.8 Å². The number of esters is 2. The fourth-order valence-electron chi connectivity index (χ4n) is 8.72. The molecular weight excluding hydrogens is 729 g/mol. The summed E-state index contributed by atoms with van der Waals surface area (Å²) in [7, 11) is 0. The highest BCUT2D eigenvalue weighted by Crippen LogP contribution is 2.48. The van der Waals surface area contributed by atoms with E-state index in [1.165, 1.54) is 22.8 Å². The van der Waals surface area contributed by atoms with Gasteiger partial charge < -0.3 is 23.7 Å². The van der Waals surface area contributed by atoms with Crippen LogP contribution in [0.3, 0.4) is 0 Å². The molecule has 0 spiro atoms. The van der Waals surface area contributed by atoms with E-state index in [9.17, 15) is 19.5 Å². The number of rotatable bonds is 6. The highest BCUT2D eigenvalue weighted by molar-refractivity contribution is 5.90. The van der Waals surface area contributed by atoms with E-state index in [1.807, 2.05) is 26.8 Å². The molecule has 0 saturated heterocycles. The van der Waals surface area contributed by atoms with Crippen molar-refractivity contribution in [2.24, 2.45) is 5.92 Å². The lowest BCUT2D eigenvalue weighted by Crippen LogP contribution is -2.54. The predicted octanol–water partition coefficient (Wildman–Crippen LogP) is 8.64. The normalized spacial score (nSPS) is 21.7. The number of aryl methyl sites for hydroxylation is 2. The van der Waals surface area contributed by atoms with E-state index in [4.69, 9.17) is 18.6 Å². The Balaban J connectivity index is 1.23. The lowest BCUT2D eigenvalue weighted by atomic mass is 9.82. The molecule has 0 saturated carbocycles. The second-order valence-corrected chi connectivity index (χ2v) is 16.3. The van der Waals surface area contributed by atoms with Gasteiger partial charge in [0.25, 0.3) is 0 Å². The van der Waals surface area contributed by atoms with Crippen LogP contribution in [0.4, 0.5) is 0 Å². The molecule has 4 atom stereocenters. The van der Waals surface area contributed by atoms with Gasteiger partial charge in [-0.15, -0.1) is 0 Å². The summed E-state index contributed by atoms with van der Waals surface area (Å²) < 4.78 is 25.6. The van der Waals surface area contributed by atoms with Gasteiger partial charge in [0.05, 0.1) is 18.6 Å². The largest absolute Gasteiger partial charge is 0.482 e. The third-order valence-corrected chi connectivity index (χ3v) is 11.8. The molecule has 0 radical (unpaired) electrons. The van der Waals surface area contributed by atoms with E-state index < -0.39 is 42.0 Å². The minimum atomic E-state index is -1.26. The van der Waals surface area contributed by atoms with Crippen LogP contribution in [0.2, 0.25) is 0 Å².